The maximum atomic E-state index is 12.6. The minimum Gasteiger partial charge on any atom is -0.494 e. The lowest BCUT2D eigenvalue weighted by Crippen LogP contribution is -2.34. The number of aromatic nitrogens is 1. The van der Waals surface area contributed by atoms with Crippen LogP contribution in [-0.4, -0.2) is 22.6 Å². The SMILES string of the molecule is CCCCOc1ccc(C(=O)NC(=S)Nc2cccc(-c3nc4c(ccc5ccccc54)o3)c2)cc1. The number of benzene rings is 4. The highest BCUT2D eigenvalue weighted by molar-refractivity contribution is 7.80. The predicted octanol–water partition coefficient (Wildman–Crippen LogP) is 6.95. The summed E-state index contributed by atoms with van der Waals surface area (Å²) in [5, 5.41) is 8.14. The quantitative estimate of drug-likeness (QED) is 0.188. The summed E-state index contributed by atoms with van der Waals surface area (Å²) in [6.07, 6.45) is 2.06. The number of anilines is 1. The fourth-order valence-electron chi connectivity index (χ4n) is 3.89. The molecule has 180 valence electrons. The first-order valence-electron chi connectivity index (χ1n) is 11.8. The highest BCUT2D eigenvalue weighted by Crippen LogP contribution is 2.30. The van der Waals surface area contributed by atoms with Crippen LogP contribution in [0.2, 0.25) is 0 Å². The minimum atomic E-state index is -0.297. The zero-order chi connectivity index (χ0) is 24.9. The summed E-state index contributed by atoms with van der Waals surface area (Å²) in [4.78, 5) is 17.4. The van der Waals surface area contributed by atoms with Crippen molar-refractivity contribution in [2.45, 2.75) is 19.8 Å². The van der Waals surface area contributed by atoms with Gasteiger partial charge < -0.3 is 14.5 Å². The van der Waals surface area contributed by atoms with E-state index in [-0.39, 0.29) is 11.0 Å². The van der Waals surface area contributed by atoms with Gasteiger partial charge in [-0.05, 0) is 72.6 Å². The van der Waals surface area contributed by atoms with E-state index >= 15 is 0 Å². The zero-order valence-electron chi connectivity index (χ0n) is 19.8. The number of oxazole rings is 1. The summed E-state index contributed by atoms with van der Waals surface area (Å²) in [6.45, 7) is 2.77. The molecule has 5 rings (SSSR count). The van der Waals surface area contributed by atoms with E-state index in [1.165, 1.54) is 0 Å². The number of amides is 1. The summed E-state index contributed by atoms with van der Waals surface area (Å²) >= 11 is 5.37. The second-order valence-electron chi connectivity index (χ2n) is 8.37. The van der Waals surface area contributed by atoms with E-state index in [0.717, 1.165) is 46.0 Å². The number of nitrogens with one attached hydrogen (secondary N) is 2. The highest BCUT2D eigenvalue weighted by Gasteiger charge is 2.13. The Hall–Kier alpha value is -4.23. The first kappa shape index (κ1) is 23.5. The Morgan fingerprint density at radius 2 is 1.83 bits per heavy atom. The van der Waals surface area contributed by atoms with Crippen LogP contribution in [0.25, 0.3) is 33.3 Å². The fourth-order valence-corrected chi connectivity index (χ4v) is 4.10. The number of hydrogen-bond donors (Lipinski definition) is 2. The molecule has 1 heterocycles. The molecule has 2 N–H and O–H groups in total. The van der Waals surface area contributed by atoms with Crippen LogP contribution in [-0.2, 0) is 0 Å². The van der Waals surface area contributed by atoms with Crippen molar-refractivity contribution in [3.63, 3.8) is 0 Å². The molecular weight excluding hydrogens is 470 g/mol. The summed E-state index contributed by atoms with van der Waals surface area (Å²) in [7, 11) is 0. The van der Waals surface area contributed by atoms with Crippen LogP contribution >= 0.6 is 12.2 Å². The lowest BCUT2D eigenvalue weighted by Gasteiger charge is -2.11. The average Bonchev–Trinajstić information content (AvgIpc) is 3.34. The third kappa shape index (κ3) is 5.21. The van der Waals surface area contributed by atoms with E-state index < -0.39 is 0 Å². The van der Waals surface area contributed by atoms with Gasteiger partial charge in [-0.15, -0.1) is 0 Å². The number of thiocarbonyl (C=S) groups is 1. The summed E-state index contributed by atoms with van der Waals surface area (Å²) in [5.41, 5.74) is 3.56. The summed E-state index contributed by atoms with van der Waals surface area (Å²) < 4.78 is 11.7. The van der Waals surface area contributed by atoms with Crippen LogP contribution < -0.4 is 15.4 Å². The molecule has 0 atom stereocenters. The van der Waals surface area contributed by atoms with Gasteiger partial charge in [-0.3, -0.25) is 10.1 Å². The monoisotopic (exact) mass is 495 g/mol. The van der Waals surface area contributed by atoms with Crippen molar-refractivity contribution in [1.29, 1.82) is 0 Å². The number of fused-ring (bicyclic) bond motifs is 3. The number of carbonyl (C=O) groups is 1. The number of rotatable bonds is 7. The standard InChI is InChI=1S/C29H25N3O3S/c1-2-3-17-34-23-14-11-20(12-15-23)27(33)32-29(36)30-22-9-6-8-21(18-22)28-31-26-24-10-5-4-7-19(24)13-16-25(26)35-28/h4-16,18H,2-3,17H2,1H3,(H2,30,32,33,36). The summed E-state index contributed by atoms with van der Waals surface area (Å²) in [5.74, 6) is 0.959. The van der Waals surface area contributed by atoms with Gasteiger partial charge in [0.1, 0.15) is 11.3 Å². The lowest BCUT2D eigenvalue weighted by atomic mass is 10.1. The van der Waals surface area contributed by atoms with Gasteiger partial charge in [-0.2, -0.15) is 0 Å². The van der Waals surface area contributed by atoms with Crippen LogP contribution in [0.3, 0.4) is 0 Å². The Morgan fingerprint density at radius 3 is 2.67 bits per heavy atom. The second-order valence-corrected chi connectivity index (χ2v) is 8.78. The predicted molar refractivity (Wildman–Crippen MR) is 147 cm³/mol. The first-order valence-corrected chi connectivity index (χ1v) is 12.3. The first-order chi connectivity index (χ1) is 17.6. The van der Waals surface area contributed by atoms with Gasteiger partial charge in [0.05, 0.1) is 6.61 Å². The van der Waals surface area contributed by atoms with Gasteiger partial charge in [0.25, 0.3) is 5.91 Å². The Morgan fingerprint density at radius 1 is 1.00 bits per heavy atom. The Bertz CT molecular complexity index is 1540. The second kappa shape index (κ2) is 10.6. The maximum Gasteiger partial charge on any atom is 0.257 e. The van der Waals surface area contributed by atoms with Crippen molar-refractivity contribution in [3.8, 4) is 17.2 Å². The third-order valence-corrected chi connectivity index (χ3v) is 5.97. The Balaban J connectivity index is 1.26. The van der Waals surface area contributed by atoms with Crippen molar-refractivity contribution in [2.24, 2.45) is 0 Å². The molecule has 0 saturated heterocycles. The largest absolute Gasteiger partial charge is 0.494 e. The van der Waals surface area contributed by atoms with Crippen LogP contribution in [0.5, 0.6) is 5.75 Å². The molecule has 7 heteroatoms. The maximum absolute atomic E-state index is 12.6. The van der Waals surface area contributed by atoms with Gasteiger partial charge in [-0.1, -0.05) is 49.7 Å². The zero-order valence-corrected chi connectivity index (χ0v) is 20.6. The van der Waals surface area contributed by atoms with Crippen molar-refractivity contribution in [3.05, 3.63) is 90.5 Å². The molecule has 0 unspecified atom stereocenters. The van der Waals surface area contributed by atoms with Crippen molar-refractivity contribution >= 4 is 50.8 Å². The van der Waals surface area contributed by atoms with Crippen LogP contribution in [0.15, 0.2) is 89.3 Å². The molecule has 0 saturated carbocycles. The molecule has 1 aromatic heterocycles. The van der Waals surface area contributed by atoms with Gasteiger partial charge in [0.15, 0.2) is 10.7 Å². The lowest BCUT2D eigenvalue weighted by molar-refractivity contribution is 0.0977. The number of hydrogen-bond acceptors (Lipinski definition) is 5. The molecule has 0 fully saturated rings. The van der Waals surface area contributed by atoms with Gasteiger partial charge in [0.2, 0.25) is 5.89 Å². The number of carbonyl (C=O) groups excluding carboxylic acids is 1. The molecular formula is C29H25N3O3S. The van der Waals surface area contributed by atoms with Crippen molar-refractivity contribution in [2.75, 3.05) is 11.9 Å². The average molecular weight is 496 g/mol. The number of nitrogens with zero attached hydrogens (tertiary/aromatic N) is 1. The van der Waals surface area contributed by atoms with E-state index in [4.69, 9.17) is 26.4 Å². The van der Waals surface area contributed by atoms with E-state index in [9.17, 15) is 4.79 Å². The Kier molecular flexibility index (Phi) is 6.91. The Labute approximate surface area is 214 Å². The highest BCUT2D eigenvalue weighted by atomic mass is 32.1. The molecule has 0 aliphatic heterocycles. The summed E-state index contributed by atoms with van der Waals surface area (Å²) in [6, 6.07) is 26.6. The van der Waals surface area contributed by atoms with E-state index in [2.05, 4.69) is 23.6 Å². The van der Waals surface area contributed by atoms with Gasteiger partial charge >= 0.3 is 0 Å². The molecule has 4 aromatic carbocycles. The smallest absolute Gasteiger partial charge is 0.257 e. The molecule has 6 nitrogen and oxygen atoms in total. The molecule has 0 spiro atoms. The van der Waals surface area contributed by atoms with Crippen LogP contribution in [0.4, 0.5) is 5.69 Å². The van der Waals surface area contributed by atoms with Crippen LogP contribution in [0.1, 0.15) is 30.1 Å². The van der Waals surface area contributed by atoms with E-state index in [1.807, 2.05) is 54.6 Å². The topological polar surface area (TPSA) is 76.4 Å². The van der Waals surface area contributed by atoms with E-state index in [1.54, 1.807) is 24.3 Å². The van der Waals surface area contributed by atoms with Crippen molar-refractivity contribution in [1.82, 2.24) is 10.3 Å². The molecule has 0 bridgehead atoms. The van der Waals surface area contributed by atoms with Crippen molar-refractivity contribution < 1.29 is 13.9 Å². The molecule has 0 aliphatic carbocycles. The van der Waals surface area contributed by atoms with Gasteiger partial charge in [0, 0.05) is 22.2 Å². The molecule has 1 amide bonds. The van der Waals surface area contributed by atoms with Crippen LogP contribution in [0, 0.1) is 0 Å². The van der Waals surface area contributed by atoms with E-state index in [0.29, 0.717) is 23.7 Å². The minimum absolute atomic E-state index is 0.198. The fraction of sp³-hybridized carbons (Fsp3) is 0.138. The normalized spacial score (nSPS) is 10.9. The van der Waals surface area contributed by atoms with Gasteiger partial charge in [-0.25, -0.2) is 4.98 Å². The molecule has 0 aliphatic rings. The third-order valence-electron chi connectivity index (χ3n) is 5.76. The molecule has 0 radical (unpaired) electrons. The number of unbranched alkanes of at least 4 members (excludes halogenated alkanes) is 1. The number of ether oxygens (including phenoxy) is 1. The molecule has 36 heavy (non-hydrogen) atoms. The molecule has 5 aromatic rings.